The molecule has 5 heteroatoms. The van der Waals surface area contributed by atoms with E-state index in [-0.39, 0.29) is 4.48 Å². The summed E-state index contributed by atoms with van der Waals surface area (Å²) < 4.78 is 0.0420. The number of carboxylic acids is 1. The molecule has 0 aliphatic rings. The van der Waals surface area contributed by atoms with Gasteiger partial charge in [-0.05, 0) is 12.8 Å². The monoisotopic (exact) mass is 373 g/mol. The van der Waals surface area contributed by atoms with Crippen LogP contribution < -0.4 is 5.11 Å². The highest BCUT2D eigenvalue weighted by Gasteiger charge is 2.46. The van der Waals surface area contributed by atoms with E-state index in [1.54, 1.807) is 14.1 Å². The number of nitrogens with zero attached hydrogens (tertiary/aromatic N) is 1. The Kier molecular flexibility index (Phi) is 14.1. The number of carbonyl (C=O) groups is 1. The van der Waals surface area contributed by atoms with Crippen LogP contribution in [0, 0.1) is 0 Å². The van der Waals surface area contributed by atoms with Crippen molar-refractivity contribution in [1.82, 2.24) is 0 Å². The van der Waals surface area contributed by atoms with Gasteiger partial charge in [0.2, 0.25) is 0 Å². The first kappa shape index (κ1) is 25.4. The predicted molar refractivity (Wildman–Crippen MR) is 105 cm³/mol. The molecule has 156 valence electrons. The highest BCUT2D eigenvalue weighted by atomic mass is 16.4. The number of unbranched alkanes of at least 4 members (excludes halogenated alkanes) is 12. The third-order valence-corrected chi connectivity index (χ3v) is 5.88. The van der Waals surface area contributed by atoms with E-state index in [0.29, 0.717) is 6.54 Å². The van der Waals surface area contributed by atoms with Crippen molar-refractivity contribution < 1.29 is 24.6 Å². The van der Waals surface area contributed by atoms with Gasteiger partial charge in [-0.25, -0.2) is 0 Å². The van der Waals surface area contributed by atoms with Gasteiger partial charge >= 0.3 is 0 Å². The molecule has 0 aromatic rings. The number of hydrogen-bond donors (Lipinski definition) is 2. The summed E-state index contributed by atoms with van der Waals surface area (Å²) in [6.45, 7) is 1.63. The first-order valence-corrected chi connectivity index (χ1v) is 10.6. The van der Waals surface area contributed by atoms with Gasteiger partial charge in [-0.3, -0.25) is 0 Å². The van der Waals surface area contributed by atoms with Crippen LogP contribution in [0.1, 0.15) is 90.4 Å². The van der Waals surface area contributed by atoms with Crippen LogP contribution in [0.25, 0.3) is 0 Å². The second kappa shape index (κ2) is 14.4. The van der Waals surface area contributed by atoms with Crippen LogP contribution in [0.2, 0.25) is 0 Å². The molecule has 0 spiro atoms. The van der Waals surface area contributed by atoms with Crippen LogP contribution in [0.4, 0.5) is 0 Å². The van der Waals surface area contributed by atoms with Gasteiger partial charge in [-0.15, -0.1) is 0 Å². The number of hydrogen-bond acceptors (Lipinski definition) is 4. The molecule has 0 aliphatic heterocycles. The van der Waals surface area contributed by atoms with Crippen molar-refractivity contribution in [2.75, 3.05) is 33.9 Å². The minimum absolute atomic E-state index is 0.0420. The number of aliphatic hydroxyl groups is 2. The molecule has 0 aromatic heterocycles. The Bertz CT molecular complexity index is 354. The van der Waals surface area contributed by atoms with Gasteiger partial charge in [0.05, 0.1) is 20.6 Å². The summed E-state index contributed by atoms with van der Waals surface area (Å²) in [5.74, 6) is -1.39. The lowest BCUT2D eigenvalue weighted by atomic mass is 9.96. The molecule has 0 aliphatic carbocycles. The summed E-state index contributed by atoms with van der Waals surface area (Å²) in [5, 5.41) is 30.4. The van der Waals surface area contributed by atoms with Crippen molar-refractivity contribution in [1.29, 1.82) is 0 Å². The molecule has 2 N–H and O–H groups in total. The van der Waals surface area contributed by atoms with Crippen molar-refractivity contribution in [3.8, 4) is 0 Å². The van der Waals surface area contributed by atoms with E-state index < -0.39 is 24.7 Å². The van der Waals surface area contributed by atoms with Crippen molar-refractivity contribution >= 4 is 5.97 Å². The Balaban J connectivity index is 3.75. The number of aliphatic carboxylic acids is 1. The highest BCUT2D eigenvalue weighted by molar-refractivity contribution is 5.75. The van der Waals surface area contributed by atoms with Crippen LogP contribution in [0.5, 0.6) is 0 Å². The maximum absolute atomic E-state index is 11.4. The zero-order valence-electron chi connectivity index (χ0n) is 17.5. The number of carbonyl (C=O) groups excluding carboxylic acids is 1. The lowest BCUT2D eigenvalue weighted by molar-refractivity contribution is -0.935. The van der Waals surface area contributed by atoms with Crippen LogP contribution in [-0.2, 0) is 4.79 Å². The summed E-state index contributed by atoms with van der Waals surface area (Å²) in [6, 6.07) is 0. The molecule has 0 amide bonds. The van der Waals surface area contributed by atoms with Crippen molar-refractivity contribution in [3.63, 3.8) is 0 Å². The minimum Gasteiger partial charge on any atom is -0.544 e. The van der Waals surface area contributed by atoms with E-state index in [1.807, 2.05) is 0 Å². The van der Waals surface area contributed by atoms with Crippen molar-refractivity contribution in [2.24, 2.45) is 0 Å². The fraction of sp³-hybridized carbons (Fsp3) is 0.952. The van der Waals surface area contributed by atoms with Crippen molar-refractivity contribution in [2.45, 2.75) is 95.9 Å². The molecule has 0 rings (SSSR count). The van der Waals surface area contributed by atoms with Gasteiger partial charge in [0.15, 0.2) is 5.54 Å². The van der Waals surface area contributed by atoms with Gasteiger partial charge in [-0.1, -0.05) is 77.6 Å². The highest BCUT2D eigenvalue weighted by Crippen LogP contribution is 2.22. The largest absolute Gasteiger partial charge is 0.544 e. The third-order valence-electron chi connectivity index (χ3n) is 5.88. The molecular formula is C21H43NO4. The molecule has 0 heterocycles. The van der Waals surface area contributed by atoms with Crippen LogP contribution in [-0.4, -0.2) is 60.1 Å². The molecule has 5 nitrogen and oxygen atoms in total. The summed E-state index contributed by atoms with van der Waals surface area (Å²) >= 11 is 0. The van der Waals surface area contributed by atoms with E-state index in [9.17, 15) is 20.1 Å². The quantitative estimate of drug-likeness (QED) is 0.286. The van der Waals surface area contributed by atoms with Gasteiger partial charge in [-0.2, -0.15) is 0 Å². The Labute approximate surface area is 161 Å². The number of aliphatic hydroxyl groups excluding tert-OH is 2. The van der Waals surface area contributed by atoms with Gasteiger partial charge in [0, 0.05) is 0 Å². The first-order valence-electron chi connectivity index (χ1n) is 10.6. The number of carboxylic acid groups (broad SMARTS) is 1. The third kappa shape index (κ3) is 8.83. The predicted octanol–water partition coefficient (Wildman–Crippen LogP) is 2.63. The van der Waals surface area contributed by atoms with Crippen LogP contribution >= 0.6 is 0 Å². The Hall–Kier alpha value is -0.650. The Morgan fingerprint density at radius 3 is 1.42 bits per heavy atom. The molecular weight excluding hydrogens is 330 g/mol. The van der Waals surface area contributed by atoms with Crippen molar-refractivity contribution in [3.05, 3.63) is 0 Å². The molecule has 0 saturated heterocycles. The lowest BCUT2D eigenvalue weighted by Gasteiger charge is -2.47. The van der Waals surface area contributed by atoms with E-state index in [0.717, 1.165) is 19.3 Å². The maximum Gasteiger partial charge on any atom is 0.185 e. The molecule has 0 aromatic carbocycles. The summed E-state index contributed by atoms with van der Waals surface area (Å²) in [5.41, 5.74) is -1.63. The van der Waals surface area contributed by atoms with Gasteiger partial charge in [0.1, 0.15) is 19.2 Å². The fourth-order valence-corrected chi connectivity index (χ4v) is 3.55. The smallest absolute Gasteiger partial charge is 0.185 e. The number of likely N-dealkylation sites (N-methyl/N-ethyl adjacent to an activating group) is 1. The zero-order valence-corrected chi connectivity index (χ0v) is 17.5. The maximum atomic E-state index is 11.4. The molecule has 0 saturated carbocycles. The van der Waals surface area contributed by atoms with Gasteiger partial charge in [0.25, 0.3) is 0 Å². The average Bonchev–Trinajstić information content (AvgIpc) is 2.60. The Morgan fingerprint density at radius 1 is 0.769 bits per heavy atom. The molecule has 0 bridgehead atoms. The van der Waals surface area contributed by atoms with Crippen LogP contribution in [0.15, 0.2) is 0 Å². The van der Waals surface area contributed by atoms with E-state index in [2.05, 4.69) is 6.92 Å². The van der Waals surface area contributed by atoms with E-state index >= 15 is 0 Å². The zero-order chi connectivity index (χ0) is 19.9. The topological polar surface area (TPSA) is 80.6 Å². The second-order valence-corrected chi connectivity index (χ2v) is 8.29. The summed E-state index contributed by atoms with van der Waals surface area (Å²) in [6.07, 6.45) is 16.5. The second-order valence-electron chi connectivity index (χ2n) is 8.29. The average molecular weight is 374 g/mol. The normalized spacial score (nSPS) is 12.5. The van der Waals surface area contributed by atoms with Gasteiger partial charge < -0.3 is 24.6 Å². The van der Waals surface area contributed by atoms with Crippen LogP contribution in [0.3, 0.4) is 0 Å². The number of quaternary nitrogens is 1. The lowest BCUT2D eigenvalue weighted by Crippen LogP contribution is -2.72. The summed E-state index contributed by atoms with van der Waals surface area (Å²) in [7, 11) is 3.48. The number of rotatable bonds is 18. The first-order chi connectivity index (χ1) is 12.4. The fourth-order valence-electron chi connectivity index (χ4n) is 3.55. The van der Waals surface area contributed by atoms with E-state index in [4.69, 9.17) is 0 Å². The summed E-state index contributed by atoms with van der Waals surface area (Å²) in [4.78, 5) is 11.4. The minimum atomic E-state index is -1.63. The molecule has 26 heavy (non-hydrogen) atoms. The molecule has 0 fully saturated rings. The SMILES string of the molecule is CCCCCCCCCCCCCCC[N+](C)(C)C(CO)(CO)C(=O)[O-]. The molecule has 0 radical (unpaired) electrons. The molecule has 0 unspecified atom stereocenters. The molecule has 0 atom stereocenters. The van der Waals surface area contributed by atoms with E-state index in [1.165, 1.54) is 64.2 Å². The Morgan fingerprint density at radius 2 is 1.12 bits per heavy atom. The standard InChI is InChI=1S/C21H43NO4/c1-4-5-6-7-8-9-10-11-12-13-14-15-16-17-22(2,3)21(18-23,19-24)20(25)26/h23-24H,4-19H2,1-3H3.